The first-order chi connectivity index (χ1) is 6.50. The lowest BCUT2D eigenvalue weighted by atomic mass is 9.97. The van der Waals surface area contributed by atoms with Crippen LogP contribution in [0.3, 0.4) is 0 Å². The number of hydrogen-bond donors (Lipinski definition) is 1. The summed E-state index contributed by atoms with van der Waals surface area (Å²) in [4.78, 5) is 18.3. The molecule has 0 aliphatic heterocycles. The molecular weight excluding hydrogens is 180 g/mol. The summed E-state index contributed by atoms with van der Waals surface area (Å²) in [7, 11) is 0. The van der Waals surface area contributed by atoms with Gasteiger partial charge in [-0.3, -0.25) is 4.79 Å². The van der Waals surface area contributed by atoms with Gasteiger partial charge < -0.3 is 9.72 Å². The van der Waals surface area contributed by atoms with E-state index in [9.17, 15) is 4.79 Å². The van der Waals surface area contributed by atoms with Crippen LogP contribution in [0.2, 0.25) is 0 Å². The molecule has 0 unspecified atom stereocenters. The van der Waals surface area contributed by atoms with Gasteiger partial charge in [-0.25, -0.2) is 4.98 Å². The van der Waals surface area contributed by atoms with Gasteiger partial charge in [0.2, 0.25) is 0 Å². The monoisotopic (exact) mass is 196 g/mol. The molecule has 0 aromatic carbocycles. The molecular formula is C10H16N2O2. The van der Waals surface area contributed by atoms with Crippen LogP contribution in [-0.4, -0.2) is 22.5 Å². The highest BCUT2D eigenvalue weighted by Gasteiger charge is 2.22. The second-order valence-corrected chi connectivity index (χ2v) is 4.17. The maximum atomic E-state index is 11.3. The van der Waals surface area contributed by atoms with Crippen molar-refractivity contribution in [1.29, 1.82) is 0 Å². The Labute approximate surface area is 83.7 Å². The van der Waals surface area contributed by atoms with Crippen LogP contribution >= 0.6 is 0 Å². The highest BCUT2D eigenvalue weighted by Crippen LogP contribution is 2.14. The van der Waals surface area contributed by atoms with Crippen LogP contribution in [-0.2, 0) is 16.0 Å². The summed E-state index contributed by atoms with van der Waals surface area (Å²) < 4.78 is 5.08. The number of ether oxygens (including phenoxy) is 1. The minimum absolute atomic E-state index is 0.177. The zero-order valence-corrected chi connectivity index (χ0v) is 8.83. The molecule has 1 aromatic heterocycles. The van der Waals surface area contributed by atoms with Crippen LogP contribution in [0.15, 0.2) is 12.4 Å². The zero-order chi connectivity index (χ0) is 10.6. The Bertz CT molecular complexity index is 286. The largest absolute Gasteiger partial charge is 0.465 e. The third-order valence-electron chi connectivity index (χ3n) is 1.74. The molecule has 0 amide bonds. The molecule has 0 atom stereocenters. The summed E-state index contributed by atoms with van der Waals surface area (Å²) in [5.74, 6) is 0.663. The number of aromatic nitrogens is 2. The van der Waals surface area contributed by atoms with E-state index in [0.29, 0.717) is 13.0 Å². The fourth-order valence-corrected chi connectivity index (χ4v) is 0.892. The molecule has 0 aliphatic rings. The van der Waals surface area contributed by atoms with Crippen molar-refractivity contribution in [3.8, 4) is 0 Å². The van der Waals surface area contributed by atoms with E-state index < -0.39 is 5.41 Å². The first kappa shape index (κ1) is 10.8. The lowest BCUT2D eigenvalue weighted by molar-refractivity contribution is -0.152. The third kappa shape index (κ3) is 3.20. The smallest absolute Gasteiger partial charge is 0.311 e. The number of imidazole rings is 1. The van der Waals surface area contributed by atoms with Crippen LogP contribution in [0.1, 0.15) is 26.6 Å². The molecule has 1 aromatic rings. The summed E-state index contributed by atoms with van der Waals surface area (Å²) in [5, 5.41) is 0. The molecule has 0 bridgehead atoms. The molecule has 1 N–H and O–H groups in total. The number of nitrogens with one attached hydrogen (secondary N) is 1. The number of esters is 1. The van der Waals surface area contributed by atoms with Crippen molar-refractivity contribution in [2.24, 2.45) is 5.41 Å². The topological polar surface area (TPSA) is 55.0 Å². The number of hydrogen-bond acceptors (Lipinski definition) is 3. The average molecular weight is 196 g/mol. The number of rotatable bonds is 3. The molecule has 4 nitrogen and oxygen atoms in total. The SMILES string of the molecule is CC(C)(C)C(=O)OCCc1ncc[nH]1. The fourth-order valence-electron chi connectivity index (χ4n) is 0.892. The van der Waals surface area contributed by atoms with Crippen molar-refractivity contribution >= 4 is 5.97 Å². The quantitative estimate of drug-likeness (QED) is 0.746. The zero-order valence-electron chi connectivity index (χ0n) is 8.83. The van der Waals surface area contributed by atoms with E-state index in [1.807, 2.05) is 20.8 Å². The van der Waals surface area contributed by atoms with E-state index in [2.05, 4.69) is 9.97 Å². The lowest BCUT2D eigenvalue weighted by Crippen LogP contribution is -2.23. The molecule has 1 rings (SSSR count). The molecule has 0 radical (unpaired) electrons. The molecule has 0 saturated heterocycles. The van der Waals surface area contributed by atoms with Gasteiger partial charge in [0.25, 0.3) is 0 Å². The minimum Gasteiger partial charge on any atom is -0.465 e. The second-order valence-electron chi connectivity index (χ2n) is 4.17. The van der Waals surface area contributed by atoms with Crippen molar-refractivity contribution in [3.63, 3.8) is 0 Å². The predicted octanol–water partition coefficient (Wildman–Crippen LogP) is 1.54. The number of H-pyrrole nitrogens is 1. The summed E-state index contributed by atoms with van der Waals surface area (Å²) in [6, 6.07) is 0. The van der Waals surface area contributed by atoms with Crippen LogP contribution in [0, 0.1) is 5.41 Å². The predicted molar refractivity (Wildman–Crippen MR) is 52.7 cm³/mol. The van der Waals surface area contributed by atoms with Crippen LogP contribution < -0.4 is 0 Å². The summed E-state index contributed by atoms with van der Waals surface area (Å²) in [6.45, 7) is 5.89. The number of aromatic amines is 1. The van der Waals surface area contributed by atoms with E-state index in [1.54, 1.807) is 12.4 Å². The van der Waals surface area contributed by atoms with Gasteiger partial charge >= 0.3 is 5.97 Å². The van der Waals surface area contributed by atoms with Gasteiger partial charge in [0, 0.05) is 18.8 Å². The van der Waals surface area contributed by atoms with Gasteiger partial charge in [0.05, 0.1) is 12.0 Å². The van der Waals surface area contributed by atoms with Crippen molar-refractivity contribution in [2.75, 3.05) is 6.61 Å². The highest BCUT2D eigenvalue weighted by molar-refractivity contribution is 5.75. The van der Waals surface area contributed by atoms with E-state index in [0.717, 1.165) is 5.82 Å². The summed E-state index contributed by atoms with van der Waals surface area (Å²) in [6.07, 6.45) is 4.07. The number of carbonyl (C=O) groups is 1. The number of carbonyl (C=O) groups excluding carboxylic acids is 1. The van der Waals surface area contributed by atoms with E-state index in [1.165, 1.54) is 0 Å². The highest BCUT2D eigenvalue weighted by atomic mass is 16.5. The molecule has 0 aliphatic carbocycles. The first-order valence-electron chi connectivity index (χ1n) is 4.65. The van der Waals surface area contributed by atoms with Crippen molar-refractivity contribution in [3.05, 3.63) is 18.2 Å². The van der Waals surface area contributed by atoms with Crippen LogP contribution in [0.4, 0.5) is 0 Å². The molecule has 78 valence electrons. The minimum atomic E-state index is -0.427. The molecule has 0 spiro atoms. The van der Waals surface area contributed by atoms with Crippen molar-refractivity contribution in [1.82, 2.24) is 9.97 Å². The van der Waals surface area contributed by atoms with Crippen LogP contribution in [0.25, 0.3) is 0 Å². The maximum Gasteiger partial charge on any atom is 0.311 e. The van der Waals surface area contributed by atoms with E-state index in [-0.39, 0.29) is 5.97 Å². The second kappa shape index (κ2) is 4.26. The fraction of sp³-hybridized carbons (Fsp3) is 0.600. The lowest BCUT2D eigenvalue weighted by Gasteiger charge is -2.15. The Kier molecular flexibility index (Phi) is 3.28. The Morgan fingerprint density at radius 2 is 2.29 bits per heavy atom. The van der Waals surface area contributed by atoms with E-state index >= 15 is 0 Å². The van der Waals surface area contributed by atoms with Gasteiger partial charge in [-0.2, -0.15) is 0 Å². The van der Waals surface area contributed by atoms with E-state index in [4.69, 9.17) is 4.74 Å². The Morgan fingerprint density at radius 3 is 2.79 bits per heavy atom. The Morgan fingerprint density at radius 1 is 1.57 bits per heavy atom. The van der Waals surface area contributed by atoms with Gasteiger partial charge in [-0.05, 0) is 20.8 Å². The normalized spacial score (nSPS) is 11.4. The maximum absolute atomic E-state index is 11.3. The first-order valence-corrected chi connectivity index (χ1v) is 4.65. The number of nitrogens with zero attached hydrogens (tertiary/aromatic N) is 1. The molecule has 14 heavy (non-hydrogen) atoms. The van der Waals surface area contributed by atoms with Crippen LogP contribution in [0.5, 0.6) is 0 Å². The molecule has 1 heterocycles. The van der Waals surface area contributed by atoms with Gasteiger partial charge in [-0.15, -0.1) is 0 Å². The average Bonchev–Trinajstić information content (AvgIpc) is 2.55. The van der Waals surface area contributed by atoms with Gasteiger partial charge in [-0.1, -0.05) is 0 Å². The van der Waals surface area contributed by atoms with Crippen molar-refractivity contribution in [2.45, 2.75) is 27.2 Å². The molecule has 0 saturated carbocycles. The Balaban J connectivity index is 2.26. The standard InChI is InChI=1S/C10H16N2O2/c1-10(2,3)9(13)14-7-4-8-11-5-6-12-8/h5-6H,4,7H2,1-3H3,(H,11,12). The van der Waals surface area contributed by atoms with Gasteiger partial charge in [0.1, 0.15) is 5.82 Å². The Hall–Kier alpha value is -1.32. The molecule has 4 heteroatoms. The summed E-state index contributed by atoms with van der Waals surface area (Å²) in [5.41, 5.74) is -0.427. The molecule has 0 fully saturated rings. The third-order valence-corrected chi connectivity index (χ3v) is 1.74. The van der Waals surface area contributed by atoms with Gasteiger partial charge in [0.15, 0.2) is 0 Å². The van der Waals surface area contributed by atoms with Crippen molar-refractivity contribution < 1.29 is 9.53 Å². The summed E-state index contributed by atoms with van der Waals surface area (Å²) >= 11 is 0.